The standard InChI is InChI=1S/C11H15N3O/c1-11(2,7-15-12)9-5-3-4-8-6-13-14-10(8)9/h3-6H,7,12H2,1-2H3,(H,13,14). The minimum atomic E-state index is -0.124. The molecule has 1 aromatic carbocycles. The van der Waals surface area contributed by atoms with Crippen LogP contribution in [0, 0.1) is 0 Å². The first-order valence-electron chi connectivity index (χ1n) is 4.89. The van der Waals surface area contributed by atoms with Gasteiger partial charge in [0.1, 0.15) is 0 Å². The first kappa shape index (κ1) is 10.1. The largest absolute Gasteiger partial charge is 0.304 e. The molecule has 0 radical (unpaired) electrons. The van der Waals surface area contributed by atoms with Crippen LogP contribution in [-0.2, 0) is 10.3 Å². The maximum atomic E-state index is 5.15. The zero-order chi connectivity index (χ0) is 10.9. The summed E-state index contributed by atoms with van der Waals surface area (Å²) < 4.78 is 0. The number of fused-ring (bicyclic) bond motifs is 1. The molecule has 0 aliphatic carbocycles. The normalized spacial score (nSPS) is 12.2. The summed E-state index contributed by atoms with van der Waals surface area (Å²) in [6.45, 7) is 4.66. The van der Waals surface area contributed by atoms with Crippen LogP contribution in [0.1, 0.15) is 19.4 Å². The molecule has 0 bridgehead atoms. The van der Waals surface area contributed by atoms with Crippen LogP contribution in [-0.4, -0.2) is 16.8 Å². The number of nitrogens with one attached hydrogen (secondary N) is 1. The molecule has 0 saturated heterocycles. The molecular weight excluding hydrogens is 190 g/mol. The smallest absolute Gasteiger partial charge is 0.0771 e. The van der Waals surface area contributed by atoms with Gasteiger partial charge in [-0.1, -0.05) is 32.0 Å². The summed E-state index contributed by atoms with van der Waals surface area (Å²) in [6.07, 6.45) is 1.82. The Balaban J connectivity index is 2.55. The summed E-state index contributed by atoms with van der Waals surface area (Å²) >= 11 is 0. The van der Waals surface area contributed by atoms with Gasteiger partial charge in [-0.2, -0.15) is 5.10 Å². The van der Waals surface area contributed by atoms with Crippen molar-refractivity contribution >= 4 is 10.9 Å². The van der Waals surface area contributed by atoms with E-state index < -0.39 is 0 Å². The van der Waals surface area contributed by atoms with Crippen LogP contribution in [0.2, 0.25) is 0 Å². The van der Waals surface area contributed by atoms with Crippen molar-refractivity contribution in [1.29, 1.82) is 0 Å². The van der Waals surface area contributed by atoms with E-state index in [1.807, 2.05) is 18.3 Å². The van der Waals surface area contributed by atoms with Crippen molar-refractivity contribution < 1.29 is 4.84 Å². The number of H-pyrrole nitrogens is 1. The van der Waals surface area contributed by atoms with Crippen molar-refractivity contribution in [2.24, 2.45) is 5.90 Å². The quantitative estimate of drug-likeness (QED) is 0.750. The van der Waals surface area contributed by atoms with E-state index in [-0.39, 0.29) is 5.41 Å². The maximum Gasteiger partial charge on any atom is 0.0771 e. The van der Waals surface area contributed by atoms with E-state index in [9.17, 15) is 0 Å². The average molecular weight is 205 g/mol. The Hall–Kier alpha value is -1.39. The monoisotopic (exact) mass is 205 g/mol. The lowest BCUT2D eigenvalue weighted by atomic mass is 9.84. The minimum absolute atomic E-state index is 0.124. The van der Waals surface area contributed by atoms with Crippen molar-refractivity contribution in [3.8, 4) is 0 Å². The van der Waals surface area contributed by atoms with E-state index in [1.54, 1.807) is 0 Å². The molecule has 0 amide bonds. The fraction of sp³-hybridized carbons (Fsp3) is 0.364. The third kappa shape index (κ3) is 1.73. The molecule has 2 rings (SSSR count). The number of hydrogen-bond donors (Lipinski definition) is 2. The molecule has 1 heterocycles. The van der Waals surface area contributed by atoms with Crippen LogP contribution in [0.3, 0.4) is 0 Å². The van der Waals surface area contributed by atoms with E-state index in [4.69, 9.17) is 10.7 Å². The molecule has 0 spiro atoms. The topological polar surface area (TPSA) is 63.9 Å². The maximum absolute atomic E-state index is 5.15. The fourth-order valence-electron chi connectivity index (χ4n) is 1.82. The summed E-state index contributed by atoms with van der Waals surface area (Å²) in [4.78, 5) is 4.75. The van der Waals surface area contributed by atoms with Gasteiger partial charge in [-0.05, 0) is 5.56 Å². The highest BCUT2D eigenvalue weighted by Crippen LogP contribution is 2.28. The number of aromatic nitrogens is 2. The predicted octanol–water partition coefficient (Wildman–Crippen LogP) is 1.73. The Bertz CT molecular complexity index is 462. The van der Waals surface area contributed by atoms with Gasteiger partial charge in [0.15, 0.2) is 0 Å². The number of benzene rings is 1. The number of para-hydroxylation sites is 1. The van der Waals surface area contributed by atoms with E-state index in [1.165, 1.54) is 5.56 Å². The fourth-order valence-corrected chi connectivity index (χ4v) is 1.82. The van der Waals surface area contributed by atoms with E-state index in [2.05, 4.69) is 30.1 Å². The van der Waals surface area contributed by atoms with E-state index in [0.29, 0.717) is 6.61 Å². The molecule has 0 unspecified atom stereocenters. The molecule has 1 aromatic heterocycles. The number of aromatic amines is 1. The summed E-state index contributed by atoms with van der Waals surface area (Å²) in [5.41, 5.74) is 2.10. The number of rotatable bonds is 3. The van der Waals surface area contributed by atoms with Gasteiger partial charge < -0.3 is 4.84 Å². The average Bonchev–Trinajstić information content (AvgIpc) is 2.64. The van der Waals surface area contributed by atoms with Gasteiger partial charge >= 0.3 is 0 Å². The van der Waals surface area contributed by atoms with Gasteiger partial charge in [0.05, 0.1) is 18.3 Å². The zero-order valence-electron chi connectivity index (χ0n) is 8.95. The van der Waals surface area contributed by atoms with Crippen LogP contribution in [0.15, 0.2) is 24.4 Å². The molecule has 0 atom stereocenters. The van der Waals surface area contributed by atoms with Gasteiger partial charge in [0.25, 0.3) is 0 Å². The highest BCUT2D eigenvalue weighted by Gasteiger charge is 2.23. The Kier molecular flexibility index (Phi) is 2.46. The first-order chi connectivity index (χ1) is 7.15. The van der Waals surface area contributed by atoms with E-state index in [0.717, 1.165) is 10.9 Å². The molecule has 4 heteroatoms. The Morgan fingerprint density at radius 2 is 2.27 bits per heavy atom. The highest BCUT2D eigenvalue weighted by molar-refractivity contribution is 5.82. The van der Waals surface area contributed by atoms with Crippen LogP contribution in [0.25, 0.3) is 10.9 Å². The Morgan fingerprint density at radius 3 is 3.00 bits per heavy atom. The second kappa shape index (κ2) is 3.64. The van der Waals surface area contributed by atoms with Crippen molar-refractivity contribution in [3.63, 3.8) is 0 Å². The van der Waals surface area contributed by atoms with Gasteiger partial charge in [-0.25, -0.2) is 5.90 Å². The number of nitrogens with two attached hydrogens (primary N) is 1. The molecule has 0 saturated carbocycles. The zero-order valence-corrected chi connectivity index (χ0v) is 8.95. The third-order valence-electron chi connectivity index (χ3n) is 2.65. The van der Waals surface area contributed by atoms with Gasteiger partial charge in [0, 0.05) is 10.8 Å². The van der Waals surface area contributed by atoms with Crippen LogP contribution < -0.4 is 5.90 Å². The van der Waals surface area contributed by atoms with Crippen LogP contribution in [0.4, 0.5) is 0 Å². The lowest BCUT2D eigenvalue weighted by molar-refractivity contribution is 0.0968. The van der Waals surface area contributed by atoms with Crippen molar-refractivity contribution in [2.45, 2.75) is 19.3 Å². The van der Waals surface area contributed by atoms with Crippen LogP contribution >= 0.6 is 0 Å². The van der Waals surface area contributed by atoms with Crippen molar-refractivity contribution in [1.82, 2.24) is 10.2 Å². The Morgan fingerprint density at radius 1 is 1.47 bits per heavy atom. The minimum Gasteiger partial charge on any atom is -0.304 e. The molecule has 0 aliphatic heterocycles. The third-order valence-corrected chi connectivity index (χ3v) is 2.65. The molecule has 0 fully saturated rings. The number of nitrogens with zero attached hydrogens (tertiary/aromatic N) is 1. The molecular formula is C11H15N3O. The van der Waals surface area contributed by atoms with Gasteiger partial charge in [-0.15, -0.1) is 0 Å². The van der Waals surface area contributed by atoms with Gasteiger partial charge in [-0.3, -0.25) is 5.10 Å². The lowest BCUT2D eigenvalue weighted by Crippen LogP contribution is -2.26. The molecule has 80 valence electrons. The molecule has 2 aromatic rings. The van der Waals surface area contributed by atoms with Gasteiger partial charge in [0.2, 0.25) is 0 Å². The molecule has 4 nitrogen and oxygen atoms in total. The summed E-state index contributed by atoms with van der Waals surface area (Å²) in [6, 6.07) is 6.12. The second-order valence-corrected chi connectivity index (χ2v) is 4.33. The lowest BCUT2D eigenvalue weighted by Gasteiger charge is -2.24. The first-order valence-corrected chi connectivity index (χ1v) is 4.89. The summed E-state index contributed by atoms with van der Waals surface area (Å²) in [7, 11) is 0. The Labute approximate surface area is 88.4 Å². The number of hydrogen-bond acceptors (Lipinski definition) is 3. The summed E-state index contributed by atoms with van der Waals surface area (Å²) in [5, 5.41) is 8.15. The van der Waals surface area contributed by atoms with Crippen LogP contribution in [0.5, 0.6) is 0 Å². The predicted molar refractivity (Wildman–Crippen MR) is 59.3 cm³/mol. The van der Waals surface area contributed by atoms with Crippen molar-refractivity contribution in [2.75, 3.05) is 6.61 Å². The summed E-state index contributed by atoms with van der Waals surface area (Å²) in [5.74, 6) is 5.15. The molecule has 0 aliphatic rings. The molecule has 3 N–H and O–H groups in total. The molecule has 15 heavy (non-hydrogen) atoms. The van der Waals surface area contributed by atoms with Crippen molar-refractivity contribution in [3.05, 3.63) is 30.0 Å². The second-order valence-electron chi connectivity index (χ2n) is 4.33. The van der Waals surface area contributed by atoms with E-state index >= 15 is 0 Å². The highest BCUT2D eigenvalue weighted by atomic mass is 16.6. The SMILES string of the molecule is CC(C)(CON)c1cccc2cn[nH]c12.